The van der Waals surface area contributed by atoms with Crippen molar-refractivity contribution in [1.29, 1.82) is 0 Å². The lowest BCUT2D eigenvalue weighted by molar-refractivity contribution is 0.892. The van der Waals surface area contributed by atoms with Crippen LogP contribution >= 0.6 is 0 Å². The van der Waals surface area contributed by atoms with Crippen LogP contribution in [0.25, 0.3) is 33.7 Å². The van der Waals surface area contributed by atoms with Crippen LogP contribution in [0.5, 0.6) is 0 Å². The van der Waals surface area contributed by atoms with Crippen LogP contribution in [0, 0.1) is 6.92 Å². The molecule has 0 saturated carbocycles. The van der Waals surface area contributed by atoms with Crippen molar-refractivity contribution >= 4 is 22.4 Å². The summed E-state index contributed by atoms with van der Waals surface area (Å²) in [6.07, 6.45) is 9.11. The Bertz CT molecular complexity index is 1030. The lowest BCUT2D eigenvalue weighted by atomic mass is 9.80. The summed E-state index contributed by atoms with van der Waals surface area (Å²) in [5.74, 6) is 0. The zero-order valence-corrected chi connectivity index (χ0v) is 13.6. The summed E-state index contributed by atoms with van der Waals surface area (Å²) in [5.41, 5.74) is 9.75. The highest BCUT2D eigenvalue weighted by Crippen LogP contribution is 2.43. The first-order valence-electron chi connectivity index (χ1n) is 8.31. The van der Waals surface area contributed by atoms with E-state index in [2.05, 4.69) is 73.2 Å². The van der Waals surface area contributed by atoms with E-state index in [0.717, 1.165) is 12.8 Å². The highest BCUT2D eigenvalue weighted by atomic mass is 14.9. The largest absolute Gasteiger partial charge is 0.348 e. The molecular formula is C22H19N. The van der Waals surface area contributed by atoms with Crippen molar-refractivity contribution in [2.45, 2.75) is 19.8 Å². The summed E-state index contributed by atoms with van der Waals surface area (Å²) in [4.78, 5) is 0. The second-order valence-electron chi connectivity index (χ2n) is 6.68. The van der Waals surface area contributed by atoms with Crippen molar-refractivity contribution < 1.29 is 0 Å². The number of allylic oxidation sites excluding steroid dienone is 3. The van der Waals surface area contributed by atoms with Gasteiger partial charge >= 0.3 is 0 Å². The van der Waals surface area contributed by atoms with Crippen LogP contribution in [-0.2, 0) is 13.5 Å². The van der Waals surface area contributed by atoms with Crippen molar-refractivity contribution in [1.82, 2.24) is 4.57 Å². The molecule has 112 valence electrons. The van der Waals surface area contributed by atoms with Gasteiger partial charge in [0.2, 0.25) is 0 Å². The van der Waals surface area contributed by atoms with E-state index in [1.54, 1.807) is 0 Å². The summed E-state index contributed by atoms with van der Waals surface area (Å²) < 4.78 is 2.29. The van der Waals surface area contributed by atoms with E-state index < -0.39 is 0 Å². The molecule has 1 nitrogen and oxygen atoms in total. The third-order valence-electron chi connectivity index (χ3n) is 5.47. The molecule has 2 aliphatic carbocycles. The second kappa shape index (κ2) is 4.48. The van der Waals surface area contributed by atoms with Gasteiger partial charge in [0.1, 0.15) is 0 Å². The molecule has 1 heteroatoms. The molecule has 0 spiro atoms. The number of aromatic nitrogens is 1. The number of nitrogens with zero attached hydrogens (tertiary/aromatic N) is 1. The SMILES string of the molecule is Cc1ccc(-c2ccc3c4c5c(ccc24)C=CCC5=CC3)n1C. The van der Waals surface area contributed by atoms with Gasteiger partial charge in [-0.2, -0.15) is 0 Å². The van der Waals surface area contributed by atoms with Crippen LogP contribution < -0.4 is 0 Å². The van der Waals surface area contributed by atoms with Crippen molar-refractivity contribution in [2.75, 3.05) is 0 Å². The smallest absolute Gasteiger partial charge is 0.0486 e. The molecule has 0 unspecified atom stereocenters. The Kier molecular flexibility index (Phi) is 2.52. The molecule has 0 radical (unpaired) electrons. The fourth-order valence-corrected chi connectivity index (χ4v) is 4.13. The maximum absolute atomic E-state index is 2.41. The molecule has 0 fully saturated rings. The molecule has 2 aromatic carbocycles. The Hall–Kier alpha value is -2.54. The van der Waals surface area contributed by atoms with Gasteiger partial charge in [-0.15, -0.1) is 0 Å². The Morgan fingerprint density at radius 2 is 1.87 bits per heavy atom. The van der Waals surface area contributed by atoms with Gasteiger partial charge in [-0.25, -0.2) is 0 Å². The summed E-state index contributed by atoms with van der Waals surface area (Å²) in [6, 6.07) is 13.7. The van der Waals surface area contributed by atoms with Gasteiger partial charge in [-0.05, 0) is 64.9 Å². The molecule has 0 bridgehead atoms. The third kappa shape index (κ3) is 1.68. The van der Waals surface area contributed by atoms with Crippen molar-refractivity contribution in [3.05, 3.63) is 70.9 Å². The average Bonchev–Trinajstić information content (AvgIpc) is 2.92. The van der Waals surface area contributed by atoms with Gasteiger partial charge in [0.05, 0.1) is 0 Å². The van der Waals surface area contributed by atoms with Crippen LogP contribution in [0.4, 0.5) is 0 Å². The number of aryl methyl sites for hydroxylation is 1. The molecular weight excluding hydrogens is 278 g/mol. The molecule has 1 aromatic heterocycles. The van der Waals surface area contributed by atoms with Gasteiger partial charge in [0, 0.05) is 24.0 Å². The first-order valence-corrected chi connectivity index (χ1v) is 8.31. The van der Waals surface area contributed by atoms with Gasteiger partial charge in [-0.3, -0.25) is 0 Å². The van der Waals surface area contributed by atoms with E-state index in [0.29, 0.717) is 0 Å². The first kappa shape index (κ1) is 13.0. The summed E-state index contributed by atoms with van der Waals surface area (Å²) in [6.45, 7) is 2.16. The molecule has 3 aromatic rings. The molecule has 0 aliphatic heterocycles. The van der Waals surface area contributed by atoms with E-state index in [-0.39, 0.29) is 0 Å². The number of benzene rings is 2. The van der Waals surface area contributed by atoms with Crippen LogP contribution in [0.15, 0.2) is 48.6 Å². The quantitative estimate of drug-likeness (QED) is 0.558. The predicted octanol–water partition coefficient (Wildman–Crippen LogP) is 5.51. The van der Waals surface area contributed by atoms with Crippen LogP contribution in [-0.4, -0.2) is 4.57 Å². The van der Waals surface area contributed by atoms with Gasteiger partial charge in [0.15, 0.2) is 0 Å². The molecule has 0 N–H and O–H groups in total. The fraction of sp³-hybridized carbons (Fsp3) is 0.182. The molecule has 2 aliphatic rings. The Morgan fingerprint density at radius 1 is 0.957 bits per heavy atom. The summed E-state index contributed by atoms with van der Waals surface area (Å²) >= 11 is 0. The maximum atomic E-state index is 2.41. The first-order chi connectivity index (χ1) is 11.2. The molecule has 23 heavy (non-hydrogen) atoms. The minimum absolute atomic E-state index is 1.06. The summed E-state index contributed by atoms with van der Waals surface area (Å²) in [5, 5.41) is 2.86. The van der Waals surface area contributed by atoms with Crippen LogP contribution in [0.3, 0.4) is 0 Å². The van der Waals surface area contributed by atoms with Gasteiger partial charge in [0.25, 0.3) is 0 Å². The Morgan fingerprint density at radius 3 is 2.70 bits per heavy atom. The lowest BCUT2D eigenvalue weighted by Gasteiger charge is -2.24. The van der Waals surface area contributed by atoms with Gasteiger partial charge < -0.3 is 4.57 Å². The second-order valence-corrected chi connectivity index (χ2v) is 6.68. The Labute approximate surface area is 136 Å². The molecule has 0 amide bonds. The van der Waals surface area contributed by atoms with E-state index in [4.69, 9.17) is 0 Å². The Balaban J connectivity index is 1.91. The minimum Gasteiger partial charge on any atom is -0.348 e. The topological polar surface area (TPSA) is 4.93 Å². The van der Waals surface area contributed by atoms with Gasteiger partial charge in [-0.1, -0.05) is 42.5 Å². The highest BCUT2D eigenvalue weighted by molar-refractivity contribution is 6.07. The normalized spacial score (nSPS) is 15.1. The van der Waals surface area contributed by atoms with Crippen molar-refractivity contribution in [3.8, 4) is 11.3 Å². The number of rotatable bonds is 1. The van der Waals surface area contributed by atoms with E-state index in [1.165, 1.54) is 50.0 Å². The van der Waals surface area contributed by atoms with Crippen LogP contribution in [0.2, 0.25) is 0 Å². The number of hydrogen-bond acceptors (Lipinski definition) is 0. The fourth-order valence-electron chi connectivity index (χ4n) is 4.13. The molecule has 5 rings (SSSR count). The third-order valence-corrected chi connectivity index (χ3v) is 5.47. The summed E-state index contributed by atoms with van der Waals surface area (Å²) in [7, 11) is 2.16. The standard InChI is InChI=1S/C22H19N/c1-14-6-13-20(23(14)2)18-11-9-17-8-7-15-4-3-5-16-10-12-19(18)22(17)21(15)16/h3,5-7,9-13H,4,8H2,1-2H3. The van der Waals surface area contributed by atoms with E-state index in [1.807, 2.05) is 0 Å². The van der Waals surface area contributed by atoms with Crippen molar-refractivity contribution in [2.24, 2.45) is 7.05 Å². The minimum atomic E-state index is 1.06. The van der Waals surface area contributed by atoms with E-state index >= 15 is 0 Å². The zero-order chi connectivity index (χ0) is 15.6. The number of hydrogen-bond donors (Lipinski definition) is 0. The van der Waals surface area contributed by atoms with E-state index in [9.17, 15) is 0 Å². The zero-order valence-electron chi connectivity index (χ0n) is 13.6. The molecule has 1 heterocycles. The van der Waals surface area contributed by atoms with Crippen molar-refractivity contribution in [3.63, 3.8) is 0 Å². The average molecular weight is 297 g/mol. The molecule has 0 saturated heterocycles. The highest BCUT2D eigenvalue weighted by Gasteiger charge is 2.21. The lowest BCUT2D eigenvalue weighted by Crippen LogP contribution is -2.04. The predicted molar refractivity (Wildman–Crippen MR) is 98.4 cm³/mol. The molecule has 0 atom stereocenters. The van der Waals surface area contributed by atoms with Crippen LogP contribution in [0.1, 0.15) is 28.8 Å². The monoisotopic (exact) mass is 297 g/mol. The maximum Gasteiger partial charge on any atom is 0.0486 e.